The minimum atomic E-state index is 0.730. The van der Waals surface area contributed by atoms with Crippen molar-refractivity contribution >= 4 is 17.0 Å². The molecule has 0 aliphatic heterocycles. The average molecular weight is 295 g/mol. The van der Waals surface area contributed by atoms with Crippen molar-refractivity contribution < 1.29 is 0 Å². The predicted octanol–water partition coefficient (Wildman–Crippen LogP) is 4.43. The van der Waals surface area contributed by atoms with Gasteiger partial charge in [-0.3, -0.25) is 4.98 Å². The molecule has 2 heterocycles. The zero-order chi connectivity index (χ0) is 14.7. The van der Waals surface area contributed by atoms with Crippen molar-refractivity contribution in [2.75, 3.05) is 5.32 Å². The van der Waals surface area contributed by atoms with Crippen molar-refractivity contribution in [1.82, 2.24) is 9.97 Å². The van der Waals surface area contributed by atoms with Crippen LogP contribution in [0.4, 0.5) is 5.69 Å². The number of pyridine rings is 1. The molecule has 106 valence electrons. The van der Waals surface area contributed by atoms with Gasteiger partial charge in [0.1, 0.15) is 5.01 Å². The molecule has 0 spiro atoms. The number of aryl methyl sites for hydroxylation is 2. The molecule has 0 bridgehead atoms. The van der Waals surface area contributed by atoms with Crippen LogP contribution in [-0.4, -0.2) is 9.97 Å². The second-order valence-corrected chi connectivity index (χ2v) is 5.89. The molecule has 1 aromatic carbocycles. The van der Waals surface area contributed by atoms with E-state index in [0.29, 0.717) is 0 Å². The quantitative estimate of drug-likeness (QED) is 0.773. The zero-order valence-electron chi connectivity index (χ0n) is 12.1. The maximum atomic E-state index is 4.64. The first kappa shape index (κ1) is 13.8. The summed E-state index contributed by atoms with van der Waals surface area (Å²) in [6, 6.07) is 12.3. The van der Waals surface area contributed by atoms with Crippen molar-refractivity contribution in [3.8, 4) is 10.7 Å². The Hall–Kier alpha value is -2.20. The van der Waals surface area contributed by atoms with Crippen molar-refractivity contribution in [1.29, 1.82) is 0 Å². The lowest BCUT2D eigenvalue weighted by atomic mass is 10.1. The van der Waals surface area contributed by atoms with Crippen molar-refractivity contribution in [2.45, 2.75) is 20.4 Å². The zero-order valence-corrected chi connectivity index (χ0v) is 12.9. The molecular formula is C17H17N3S. The van der Waals surface area contributed by atoms with Crippen LogP contribution >= 0.6 is 11.3 Å². The standard InChI is InChI=1S/C17H17N3S/c1-12-6-7-13(2)16(9-12)19-10-14-11-21-17(20-14)15-5-3-4-8-18-15/h3-9,11,19H,10H2,1-2H3. The van der Waals surface area contributed by atoms with Crippen LogP contribution in [-0.2, 0) is 6.54 Å². The van der Waals surface area contributed by atoms with E-state index in [4.69, 9.17) is 0 Å². The van der Waals surface area contributed by atoms with Gasteiger partial charge in [0.2, 0.25) is 0 Å². The van der Waals surface area contributed by atoms with E-state index in [2.05, 4.69) is 52.7 Å². The Morgan fingerprint density at radius 3 is 2.86 bits per heavy atom. The second kappa shape index (κ2) is 6.06. The third-order valence-electron chi connectivity index (χ3n) is 3.29. The van der Waals surface area contributed by atoms with E-state index >= 15 is 0 Å². The average Bonchev–Trinajstić information content (AvgIpc) is 2.98. The SMILES string of the molecule is Cc1ccc(C)c(NCc2csc(-c3ccccn3)n2)c1. The van der Waals surface area contributed by atoms with E-state index in [0.717, 1.165) is 22.9 Å². The monoisotopic (exact) mass is 295 g/mol. The van der Waals surface area contributed by atoms with Crippen LogP contribution in [0.3, 0.4) is 0 Å². The highest BCUT2D eigenvalue weighted by Crippen LogP contribution is 2.22. The van der Waals surface area contributed by atoms with Gasteiger partial charge in [-0.1, -0.05) is 18.2 Å². The van der Waals surface area contributed by atoms with E-state index in [1.165, 1.54) is 16.8 Å². The van der Waals surface area contributed by atoms with Crippen LogP contribution < -0.4 is 5.32 Å². The molecule has 1 N–H and O–H groups in total. The summed E-state index contributed by atoms with van der Waals surface area (Å²) in [4.78, 5) is 8.98. The number of thiazole rings is 1. The maximum absolute atomic E-state index is 4.64. The number of hydrogen-bond donors (Lipinski definition) is 1. The normalized spacial score (nSPS) is 10.6. The number of nitrogens with one attached hydrogen (secondary N) is 1. The van der Waals surface area contributed by atoms with Crippen molar-refractivity contribution in [3.63, 3.8) is 0 Å². The van der Waals surface area contributed by atoms with Crippen LogP contribution in [0.15, 0.2) is 48.0 Å². The lowest BCUT2D eigenvalue weighted by molar-refractivity contribution is 1.07. The predicted molar refractivity (Wildman–Crippen MR) is 88.6 cm³/mol. The highest BCUT2D eigenvalue weighted by Gasteiger charge is 2.06. The summed E-state index contributed by atoms with van der Waals surface area (Å²) >= 11 is 1.63. The highest BCUT2D eigenvalue weighted by atomic mass is 32.1. The first-order valence-corrected chi connectivity index (χ1v) is 7.77. The van der Waals surface area contributed by atoms with E-state index in [-0.39, 0.29) is 0 Å². The third-order valence-corrected chi connectivity index (χ3v) is 4.20. The van der Waals surface area contributed by atoms with Crippen LogP contribution in [0.1, 0.15) is 16.8 Å². The molecule has 3 rings (SSSR count). The first-order valence-electron chi connectivity index (χ1n) is 6.89. The molecule has 0 saturated carbocycles. The molecule has 0 amide bonds. The third kappa shape index (κ3) is 3.28. The van der Waals surface area contributed by atoms with Crippen molar-refractivity contribution in [3.05, 3.63) is 64.8 Å². The molecular weight excluding hydrogens is 278 g/mol. The van der Waals surface area contributed by atoms with Gasteiger partial charge in [0.05, 0.1) is 17.9 Å². The molecule has 2 aromatic heterocycles. The molecule has 0 aliphatic carbocycles. The van der Waals surface area contributed by atoms with Gasteiger partial charge in [0.25, 0.3) is 0 Å². The number of rotatable bonds is 4. The Kier molecular flexibility index (Phi) is 3.97. The van der Waals surface area contributed by atoms with Gasteiger partial charge in [0.15, 0.2) is 0 Å². The van der Waals surface area contributed by atoms with Gasteiger partial charge in [-0.2, -0.15) is 0 Å². The number of hydrogen-bond acceptors (Lipinski definition) is 4. The van der Waals surface area contributed by atoms with Crippen LogP contribution in [0.25, 0.3) is 10.7 Å². The molecule has 3 nitrogen and oxygen atoms in total. The smallest absolute Gasteiger partial charge is 0.142 e. The Morgan fingerprint density at radius 2 is 2.05 bits per heavy atom. The summed E-state index contributed by atoms with van der Waals surface area (Å²) < 4.78 is 0. The Labute approximate surface area is 128 Å². The largest absolute Gasteiger partial charge is 0.379 e. The second-order valence-electron chi connectivity index (χ2n) is 5.03. The summed E-state index contributed by atoms with van der Waals surface area (Å²) in [5, 5.41) is 6.51. The van der Waals surface area contributed by atoms with E-state index in [1.54, 1.807) is 17.5 Å². The van der Waals surface area contributed by atoms with Crippen molar-refractivity contribution in [2.24, 2.45) is 0 Å². The Morgan fingerprint density at radius 1 is 1.14 bits per heavy atom. The molecule has 21 heavy (non-hydrogen) atoms. The van der Waals surface area contributed by atoms with E-state index < -0.39 is 0 Å². The lowest BCUT2D eigenvalue weighted by Crippen LogP contribution is -2.01. The fourth-order valence-corrected chi connectivity index (χ4v) is 2.90. The summed E-state index contributed by atoms with van der Waals surface area (Å²) in [6.45, 7) is 4.95. The minimum absolute atomic E-state index is 0.730. The van der Waals surface area contributed by atoms with Gasteiger partial charge in [-0.15, -0.1) is 11.3 Å². The molecule has 0 atom stereocenters. The summed E-state index contributed by atoms with van der Waals surface area (Å²) in [5.41, 5.74) is 5.65. The molecule has 0 radical (unpaired) electrons. The summed E-state index contributed by atoms with van der Waals surface area (Å²) in [6.07, 6.45) is 1.80. The maximum Gasteiger partial charge on any atom is 0.142 e. The first-order chi connectivity index (χ1) is 10.2. The summed E-state index contributed by atoms with van der Waals surface area (Å²) in [7, 11) is 0. The molecule has 0 saturated heterocycles. The van der Waals surface area contributed by atoms with Crippen LogP contribution in [0.2, 0.25) is 0 Å². The van der Waals surface area contributed by atoms with Gasteiger partial charge < -0.3 is 5.32 Å². The lowest BCUT2D eigenvalue weighted by Gasteiger charge is -2.09. The fraction of sp³-hybridized carbons (Fsp3) is 0.176. The topological polar surface area (TPSA) is 37.8 Å². The Bertz CT molecular complexity index is 735. The number of aromatic nitrogens is 2. The van der Waals surface area contributed by atoms with E-state index in [1.807, 2.05) is 18.2 Å². The molecule has 0 unspecified atom stereocenters. The number of nitrogens with zero attached hydrogens (tertiary/aromatic N) is 2. The number of anilines is 1. The van der Waals surface area contributed by atoms with Gasteiger partial charge in [-0.25, -0.2) is 4.98 Å². The Balaban J connectivity index is 1.72. The minimum Gasteiger partial charge on any atom is -0.379 e. The molecule has 3 aromatic rings. The van der Waals surface area contributed by atoms with Crippen LogP contribution in [0.5, 0.6) is 0 Å². The van der Waals surface area contributed by atoms with Gasteiger partial charge >= 0.3 is 0 Å². The van der Waals surface area contributed by atoms with Gasteiger partial charge in [-0.05, 0) is 43.2 Å². The van der Waals surface area contributed by atoms with E-state index in [9.17, 15) is 0 Å². The number of benzene rings is 1. The highest BCUT2D eigenvalue weighted by molar-refractivity contribution is 7.13. The molecule has 4 heteroatoms. The molecule has 0 aliphatic rings. The fourth-order valence-electron chi connectivity index (χ4n) is 2.11. The summed E-state index contributed by atoms with van der Waals surface area (Å²) in [5.74, 6) is 0. The van der Waals surface area contributed by atoms with Gasteiger partial charge in [0, 0.05) is 17.3 Å². The van der Waals surface area contributed by atoms with Crippen LogP contribution in [0, 0.1) is 13.8 Å². The molecule has 0 fully saturated rings.